The van der Waals surface area contributed by atoms with Crippen LogP contribution in [0.2, 0.25) is 0 Å². The van der Waals surface area contributed by atoms with Gasteiger partial charge in [-0.25, -0.2) is 21.5 Å². The maximum atomic E-state index is 13.8. The Balaban J connectivity index is 2.25. The number of nitrogens with two attached hydrogens (primary N) is 1. The van der Waals surface area contributed by atoms with Gasteiger partial charge in [-0.05, 0) is 30.0 Å². The zero-order valence-corrected chi connectivity index (χ0v) is 12.8. The number of hydrogen-bond donors (Lipinski definition) is 1. The number of benzene rings is 1. The van der Waals surface area contributed by atoms with E-state index in [1.807, 2.05) is 17.5 Å². The molecule has 0 atom stereocenters. The summed E-state index contributed by atoms with van der Waals surface area (Å²) in [6.45, 7) is 0.131. The Morgan fingerprint density at radius 3 is 2.43 bits per heavy atom. The molecule has 0 aliphatic carbocycles. The van der Waals surface area contributed by atoms with Crippen LogP contribution in [0.5, 0.6) is 0 Å². The zero-order chi connectivity index (χ0) is 15.6. The number of sulfonamides is 1. The van der Waals surface area contributed by atoms with Crippen molar-refractivity contribution in [2.24, 2.45) is 0 Å². The molecule has 8 heteroatoms. The molecule has 1 aromatic heterocycles. The summed E-state index contributed by atoms with van der Waals surface area (Å²) in [6, 6.07) is 5.31. The molecule has 2 N–H and O–H groups in total. The lowest BCUT2D eigenvalue weighted by Gasteiger charge is -2.17. The van der Waals surface area contributed by atoms with Crippen LogP contribution in [0, 0.1) is 11.6 Å². The fourth-order valence-electron chi connectivity index (χ4n) is 1.82. The molecule has 21 heavy (non-hydrogen) atoms. The number of thiophene rings is 1. The van der Waals surface area contributed by atoms with Crippen molar-refractivity contribution < 1.29 is 17.2 Å². The molecule has 0 radical (unpaired) electrons. The van der Waals surface area contributed by atoms with E-state index in [1.54, 1.807) is 0 Å². The maximum Gasteiger partial charge on any atom is 0.248 e. The molecular formula is C13H14F2N2O2S2. The summed E-state index contributed by atoms with van der Waals surface area (Å²) in [7, 11) is -2.95. The van der Waals surface area contributed by atoms with Crippen LogP contribution in [0.15, 0.2) is 34.5 Å². The third kappa shape index (κ3) is 3.39. The number of nitrogen functional groups attached to an aromatic ring is 1. The second-order valence-electron chi connectivity index (χ2n) is 4.47. The van der Waals surface area contributed by atoms with E-state index in [4.69, 9.17) is 5.73 Å². The standard InChI is InChI=1S/C13H14F2N2O2S2/c1-17(5-4-10-3-2-6-20-10)21(18,19)13-11(14)7-9(16)8-12(13)15/h2-3,6-8H,4-5,16H2,1H3. The first kappa shape index (κ1) is 15.9. The molecule has 0 fully saturated rings. The van der Waals surface area contributed by atoms with Crippen molar-refractivity contribution in [3.63, 3.8) is 0 Å². The van der Waals surface area contributed by atoms with Gasteiger partial charge in [0.2, 0.25) is 10.0 Å². The highest BCUT2D eigenvalue weighted by molar-refractivity contribution is 7.89. The molecule has 0 saturated heterocycles. The number of rotatable bonds is 5. The van der Waals surface area contributed by atoms with E-state index in [1.165, 1.54) is 18.4 Å². The van der Waals surface area contributed by atoms with Crippen LogP contribution in [0.4, 0.5) is 14.5 Å². The number of halogens is 2. The van der Waals surface area contributed by atoms with Crippen molar-refractivity contribution in [2.45, 2.75) is 11.3 Å². The first-order valence-electron chi connectivity index (χ1n) is 6.05. The van der Waals surface area contributed by atoms with Crippen LogP contribution in [0.25, 0.3) is 0 Å². The monoisotopic (exact) mass is 332 g/mol. The molecule has 0 amide bonds. The minimum Gasteiger partial charge on any atom is -0.399 e. The van der Waals surface area contributed by atoms with Crippen molar-refractivity contribution in [1.29, 1.82) is 0 Å². The van der Waals surface area contributed by atoms with Gasteiger partial charge >= 0.3 is 0 Å². The highest BCUT2D eigenvalue weighted by atomic mass is 32.2. The first-order valence-corrected chi connectivity index (χ1v) is 8.37. The molecule has 2 aromatic rings. The predicted molar refractivity (Wildman–Crippen MR) is 78.6 cm³/mol. The molecule has 114 valence electrons. The highest BCUT2D eigenvalue weighted by Gasteiger charge is 2.28. The van der Waals surface area contributed by atoms with E-state index in [2.05, 4.69) is 0 Å². The zero-order valence-electron chi connectivity index (χ0n) is 11.2. The molecule has 0 bridgehead atoms. The number of hydrogen-bond acceptors (Lipinski definition) is 4. The Labute approximate surface area is 125 Å². The summed E-state index contributed by atoms with van der Waals surface area (Å²) in [5, 5.41) is 1.88. The Bertz CT molecular complexity index is 708. The molecule has 1 aromatic carbocycles. The normalized spacial score (nSPS) is 12.0. The van der Waals surface area contributed by atoms with Gasteiger partial charge in [0.15, 0.2) is 4.90 Å². The Kier molecular flexibility index (Phi) is 4.60. The molecule has 1 heterocycles. The second-order valence-corrected chi connectivity index (χ2v) is 7.48. The minimum absolute atomic E-state index is 0.131. The molecule has 0 spiro atoms. The van der Waals surface area contributed by atoms with Crippen LogP contribution in [0.3, 0.4) is 0 Å². The number of likely N-dealkylation sites (N-methyl/N-ethyl adjacent to an activating group) is 1. The Morgan fingerprint density at radius 1 is 1.29 bits per heavy atom. The highest BCUT2D eigenvalue weighted by Crippen LogP contribution is 2.24. The lowest BCUT2D eigenvalue weighted by Crippen LogP contribution is -2.30. The third-order valence-electron chi connectivity index (χ3n) is 2.94. The predicted octanol–water partition coefficient (Wildman–Crippen LogP) is 2.47. The van der Waals surface area contributed by atoms with Crippen molar-refractivity contribution >= 4 is 27.0 Å². The average molecular weight is 332 g/mol. The van der Waals surface area contributed by atoms with Gasteiger partial charge in [-0.1, -0.05) is 6.07 Å². The van der Waals surface area contributed by atoms with Crippen molar-refractivity contribution in [3.8, 4) is 0 Å². The summed E-state index contributed by atoms with van der Waals surface area (Å²) < 4.78 is 53.0. The summed E-state index contributed by atoms with van der Waals surface area (Å²) >= 11 is 1.49. The maximum absolute atomic E-state index is 13.8. The number of anilines is 1. The molecule has 0 saturated carbocycles. The lowest BCUT2D eigenvalue weighted by atomic mass is 10.3. The average Bonchev–Trinajstić information content (AvgIpc) is 2.87. The van der Waals surface area contributed by atoms with Crippen LogP contribution >= 0.6 is 11.3 Å². The summed E-state index contributed by atoms with van der Waals surface area (Å²) in [4.78, 5) is 0.0284. The molecule has 0 unspecified atom stereocenters. The minimum atomic E-state index is -4.24. The SMILES string of the molecule is CN(CCc1cccs1)S(=O)(=O)c1c(F)cc(N)cc1F. The van der Waals surface area contributed by atoms with E-state index in [-0.39, 0.29) is 12.2 Å². The van der Waals surface area contributed by atoms with E-state index in [0.717, 1.165) is 21.3 Å². The van der Waals surface area contributed by atoms with E-state index >= 15 is 0 Å². The molecular weight excluding hydrogens is 318 g/mol. The van der Waals surface area contributed by atoms with Gasteiger partial charge in [0, 0.05) is 24.2 Å². The van der Waals surface area contributed by atoms with Gasteiger partial charge in [-0.2, -0.15) is 0 Å². The fourth-order valence-corrected chi connectivity index (χ4v) is 3.78. The van der Waals surface area contributed by atoms with Gasteiger partial charge in [0.05, 0.1) is 0 Å². The van der Waals surface area contributed by atoms with E-state index in [9.17, 15) is 17.2 Å². The van der Waals surface area contributed by atoms with E-state index in [0.29, 0.717) is 6.42 Å². The third-order valence-corrected chi connectivity index (χ3v) is 5.79. The first-order chi connectivity index (χ1) is 9.82. The second kappa shape index (κ2) is 6.08. The van der Waals surface area contributed by atoms with Gasteiger partial charge in [-0.3, -0.25) is 0 Å². The fraction of sp³-hybridized carbons (Fsp3) is 0.231. The van der Waals surface area contributed by atoms with Crippen molar-refractivity contribution in [1.82, 2.24) is 4.31 Å². The van der Waals surface area contributed by atoms with Crippen LogP contribution < -0.4 is 5.73 Å². The smallest absolute Gasteiger partial charge is 0.248 e. The van der Waals surface area contributed by atoms with E-state index < -0.39 is 26.6 Å². The Morgan fingerprint density at radius 2 is 1.90 bits per heavy atom. The molecule has 0 aliphatic rings. The summed E-state index contributed by atoms with van der Waals surface area (Å²) in [6.07, 6.45) is 0.478. The lowest BCUT2D eigenvalue weighted by molar-refractivity contribution is 0.454. The number of nitrogens with zero attached hydrogens (tertiary/aromatic N) is 1. The molecule has 4 nitrogen and oxygen atoms in total. The van der Waals surface area contributed by atoms with Gasteiger partial charge in [0.25, 0.3) is 0 Å². The quantitative estimate of drug-likeness (QED) is 0.856. The van der Waals surface area contributed by atoms with Crippen LogP contribution in [-0.4, -0.2) is 26.3 Å². The van der Waals surface area contributed by atoms with Crippen LogP contribution in [-0.2, 0) is 16.4 Å². The topological polar surface area (TPSA) is 63.4 Å². The largest absolute Gasteiger partial charge is 0.399 e. The summed E-state index contributed by atoms with van der Waals surface area (Å²) in [5.41, 5.74) is 5.12. The van der Waals surface area contributed by atoms with Gasteiger partial charge in [0.1, 0.15) is 11.6 Å². The summed E-state index contributed by atoms with van der Waals surface area (Å²) in [5.74, 6) is -2.37. The van der Waals surface area contributed by atoms with Crippen molar-refractivity contribution in [2.75, 3.05) is 19.3 Å². The molecule has 0 aliphatic heterocycles. The van der Waals surface area contributed by atoms with Gasteiger partial charge < -0.3 is 5.73 Å². The van der Waals surface area contributed by atoms with Gasteiger partial charge in [-0.15, -0.1) is 11.3 Å². The Hall–Kier alpha value is -1.51. The van der Waals surface area contributed by atoms with Crippen molar-refractivity contribution in [3.05, 3.63) is 46.2 Å². The molecule has 2 rings (SSSR count). The van der Waals surface area contributed by atoms with Crippen LogP contribution in [0.1, 0.15) is 4.88 Å².